The van der Waals surface area contributed by atoms with E-state index in [0.29, 0.717) is 0 Å². The first-order valence-corrected chi connectivity index (χ1v) is 18.7. The summed E-state index contributed by atoms with van der Waals surface area (Å²) in [5, 5.41) is 0. The summed E-state index contributed by atoms with van der Waals surface area (Å²) >= 11 is -1.11. The monoisotopic (exact) mass is 694 g/mol. The van der Waals surface area contributed by atoms with Crippen molar-refractivity contribution in [1.82, 2.24) is 0 Å². The molecular weight excluding hydrogens is 663 g/mol. The maximum absolute atomic E-state index is 7.47. The summed E-state index contributed by atoms with van der Waals surface area (Å²) in [5.41, 5.74) is 11.1. The normalized spacial score (nSPS) is 14.7. The molecule has 3 aromatic carbocycles. The van der Waals surface area contributed by atoms with Crippen LogP contribution in [-0.4, -0.2) is 22.1 Å². The molecule has 3 aromatic rings. The van der Waals surface area contributed by atoms with Crippen LogP contribution in [0.1, 0.15) is 38.9 Å². The molecule has 2 nitrogen and oxygen atoms in total. The second-order valence-electron chi connectivity index (χ2n) is 9.12. The van der Waals surface area contributed by atoms with Gasteiger partial charge in [0.1, 0.15) is 0 Å². The van der Waals surface area contributed by atoms with Crippen LogP contribution in [0, 0.1) is 45.1 Å². The van der Waals surface area contributed by atoms with E-state index in [1.165, 1.54) is 44.8 Å². The van der Waals surface area contributed by atoms with Gasteiger partial charge in [0.15, 0.2) is 0 Å². The van der Waals surface area contributed by atoms with E-state index in [1.54, 1.807) is 0 Å². The number of rotatable bonds is 3. The molecule has 1 heterocycles. The molecule has 0 aliphatic carbocycles. The van der Waals surface area contributed by atoms with E-state index in [2.05, 4.69) is 121 Å². The number of hydrogen-bond acceptors (Lipinski definition) is 2. The van der Waals surface area contributed by atoms with E-state index in [-0.39, 0.29) is 0 Å². The average Bonchev–Trinajstić information content (AvgIpc) is 3.13. The van der Waals surface area contributed by atoms with Gasteiger partial charge in [-0.3, -0.25) is 0 Å². The van der Waals surface area contributed by atoms with Crippen molar-refractivity contribution >= 4 is 62.3 Å². The van der Waals surface area contributed by atoms with Gasteiger partial charge in [0.25, 0.3) is 0 Å². The quantitative estimate of drug-likeness (QED) is 0.204. The predicted octanol–water partition coefficient (Wildman–Crippen LogP) is 7.87. The summed E-state index contributed by atoms with van der Waals surface area (Å²) in [6.45, 7) is 14.8. The summed E-state index contributed by atoms with van der Waals surface area (Å²) in [5.74, 6) is 0. The fraction of sp³-hybridized carbons (Fsp3) is 0.286. The molecule has 0 aromatic heterocycles. The van der Waals surface area contributed by atoms with E-state index in [4.69, 9.17) is 19.4 Å². The molecule has 0 N–H and O–H groups in total. The number of aryl methyl sites for hydroxylation is 6. The minimum atomic E-state index is -3.48. The zero-order valence-corrected chi connectivity index (χ0v) is 25.9. The molecular formula is C28H31Cl2IN2Ru. The summed E-state index contributed by atoms with van der Waals surface area (Å²) in [4.78, 5) is 4.81. The SMILES string of the molecule is Cc1cc(C)c(N2CCN(c3c(C)cc(C)cc3C)[C]2=[Ru]([Cl])([Cl])=[CH]c2ccccc2I)c(C)c1. The molecule has 1 aliphatic rings. The molecule has 0 radical (unpaired) electrons. The van der Waals surface area contributed by atoms with Crippen LogP contribution in [0.2, 0.25) is 0 Å². The molecule has 0 spiro atoms. The number of anilines is 2. The van der Waals surface area contributed by atoms with Gasteiger partial charge in [-0.2, -0.15) is 0 Å². The zero-order chi connectivity index (χ0) is 24.8. The Kier molecular flexibility index (Phi) is 7.75. The summed E-state index contributed by atoms with van der Waals surface area (Å²) in [6, 6.07) is 17.3. The number of nitrogens with zero attached hydrogens (tertiary/aromatic N) is 2. The van der Waals surface area contributed by atoms with Crippen LogP contribution in [-0.2, 0) is 11.9 Å². The number of halogens is 3. The second kappa shape index (κ2) is 10.1. The third kappa shape index (κ3) is 5.07. The van der Waals surface area contributed by atoms with Crippen molar-refractivity contribution in [3.05, 3.63) is 91.0 Å². The molecule has 1 aliphatic heterocycles. The molecule has 4 rings (SSSR count). The predicted molar refractivity (Wildman–Crippen MR) is 157 cm³/mol. The molecule has 0 saturated carbocycles. The van der Waals surface area contributed by atoms with Crippen molar-refractivity contribution in [2.45, 2.75) is 41.5 Å². The van der Waals surface area contributed by atoms with Gasteiger partial charge in [0.2, 0.25) is 0 Å². The van der Waals surface area contributed by atoms with Crippen LogP contribution in [0.3, 0.4) is 0 Å². The molecule has 34 heavy (non-hydrogen) atoms. The maximum atomic E-state index is 7.47. The Morgan fingerprint density at radius 1 is 0.735 bits per heavy atom. The molecule has 0 bridgehead atoms. The van der Waals surface area contributed by atoms with Crippen molar-refractivity contribution in [3.8, 4) is 0 Å². The van der Waals surface area contributed by atoms with Crippen molar-refractivity contribution in [2.24, 2.45) is 0 Å². The van der Waals surface area contributed by atoms with Crippen LogP contribution >= 0.6 is 42.0 Å². The fourth-order valence-corrected chi connectivity index (χ4v) is 12.2. The number of benzene rings is 3. The first kappa shape index (κ1) is 26.0. The molecule has 182 valence electrons. The molecule has 1 saturated heterocycles. The molecule has 0 atom stereocenters. The third-order valence-corrected chi connectivity index (χ3v) is 12.6. The molecule has 1 fully saturated rings. The number of hydrogen-bond donors (Lipinski definition) is 0. The summed E-state index contributed by atoms with van der Waals surface area (Å²) < 4.78 is 4.37. The van der Waals surface area contributed by atoms with E-state index in [9.17, 15) is 0 Å². The van der Waals surface area contributed by atoms with E-state index < -0.39 is 11.9 Å². The summed E-state index contributed by atoms with van der Waals surface area (Å²) in [6.07, 6.45) is 0. The Morgan fingerprint density at radius 2 is 1.15 bits per heavy atom. The standard InChI is InChI=1S/C21H26N2.C7H5I.2ClH.Ru/c1-14-9-16(3)20(17(4)10-14)22-7-8-23(13-22)21-18(5)11-15(2)12-19(21)6;1-6-4-2-3-5-7(6)8;;;/h9-12H,7-8H2,1-6H3;1-5H;2*1H;/q;;;;+2/p-2. The van der Waals surface area contributed by atoms with Crippen LogP contribution in [0.5, 0.6) is 0 Å². The Labute approximate surface area is 228 Å². The van der Waals surface area contributed by atoms with Crippen molar-refractivity contribution in [1.29, 1.82) is 0 Å². The van der Waals surface area contributed by atoms with Gasteiger partial charge in [-0.1, -0.05) is 0 Å². The van der Waals surface area contributed by atoms with E-state index in [1.807, 2.05) is 6.07 Å². The Hall–Kier alpha value is -1.07. The van der Waals surface area contributed by atoms with Gasteiger partial charge in [-0.25, -0.2) is 0 Å². The van der Waals surface area contributed by atoms with Crippen LogP contribution < -0.4 is 9.80 Å². The Morgan fingerprint density at radius 3 is 1.56 bits per heavy atom. The summed E-state index contributed by atoms with van der Waals surface area (Å²) in [7, 11) is 14.9. The molecule has 0 amide bonds. The van der Waals surface area contributed by atoms with E-state index >= 15 is 0 Å². The van der Waals surface area contributed by atoms with Gasteiger partial charge < -0.3 is 0 Å². The van der Waals surface area contributed by atoms with Gasteiger partial charge >= 0.3 is 230 Å². The van der Waals surface area contributed by atoms with Crippen LogP contribution in [0.4, 0.5) is 11.4 Å². The minimum absolute atomic E-state index is 0.856. The third-order valence-electron chi connectivity index (χ3n) is 6.14. The van der Waals surface area contributed by atoms with Crippen LogP contribution in [0.15, 0.2) is 48.5 Å². The fourth-order valence-electron chi connectivity index (χ4n) is 5.12. The van der Waals surface area contributed by atoms with Crippen molar-refractivity contribution in [2.75, 3.05) is 22.9 Å². The first-order chi connectivity index (χ1) is 16.0. The Bertz CT molecular complexity index is 1280. The first-order valence-electron chi connectivity index (χ1n) is 11.3. The zero-order valence-electron chi connectivity index (χ0n) is 20.5. The van der Waals surface area contributed by atoms with Gasteiger partial charge in [0.05, 0.1) is 0 Å². The average molecular weight is 694 g/mol. The van der Waals surface area contributed by atoms with Gasteiger partial charge in [-0.15, -0.1) is 0 Å². The van der Waals surface area contributed by atoms with Crippen molar-refractivity contribution in [3.63, 3.8) is 0 Å². The molecule has 0 unspecified atom stereocenters. The van der Waals surface area contributed by atoms with Gasteiger partial charge in [0, 0.05) is 0 Å². The van der Waals surface area contributed by atoms with E-state index in [0.717, 1.165) is 26.6 Å². The van der Waals surface area contributed by atoms with Gasteiger partial charge in [-0.05, 0) is 0 Å². The molecule has 6 heteroatoms. The Balaban J connectivity index is 2.05. The second-order valence-corrected chi connectivity index (χ2v) is 19.5. The topological polar surface area (TPSA) is 6.48 Å². The van der Waals surface area contributed by atoms with Crippen molar-refractivity contribution < 1.29 is 11.9 Å². The van der Waals surface area contributed by atoms with Crippen LogP contribution in [0.25, 0.3) is 0 Å².